The second kappa shape index (κ2) is 12.7. The number of nitrogens with one attached hydrogen (secondary N) is 1. The van der Waals surface area contributed by atoms with Gasteiger partial charge in [0.2, 0.25) is 0 Å². The summed E-state index contributed by atoms with van der Waals surface area (Å²) >= 11 is 0. The van der Waals surface area contributed by atoms with Gasteiger partial charge in [0.1, 0.15) is 23.5 Å². The highest BCUT2D eigenvalue weighted by atomic mass is 16.5. The second-order valence-corrected chi connectivity index (χ2v) is 10.2. The van der Waals surface area contributed by atoms with Crippen LogP contribution in [-0.2, 0) is 4.79 Å². The first-order chi connectivity index (χ1) is 20.3. The van der Waals surface area contributed by atoms with Gasteiger partial charge in [0.25, 0.3) is 5.88 Å². The number of ether oxygens (including phenoxy) is 3. The van der Waals surface area contributed by atoms with E-state index in [4.69, 9.17) is 19.2 Å². The predicted molar refractivity (Wildman–Crippen MR) is 156 cm³/mol. The third kappa shape index (κ3) is 7.00. The van der Waals surface area contributed by atoms with E-state index in [-0.39, 0.29) is 6.10 Å². The van der Waals surface area contributed by atoms with E-state index in [2.05, 4.69) is 30.2 Å². The standard InChI is InChI=1S/C30H33N7O5/c1-4-40-23-11-6-13-33-28(23)41-22-10-7-15-37(19-22)26-18-31-17-25(35-26)34-24-12-14-32-27(36-24)20-8-5-9-21(16-20)42-30(2,3)29(38)39/h5-6,8-9,11-14,16-18,22H,4,7,10,15,19H2,1-3H3,(H,38,39)(H,32,34,35,36)/t22-/m1/s1. The number of aliphatic carboxylic acids is 1. The van der Waals surface area contributed by atoms with E-state index in [0.717, 1.165) is 25.2 Å². The maximum absolute atomic E-state index is 11.5. The molecule has 0 unspecified atom stereocenters. The minimum Gasteiger partial charge on any atom is -0.488 e. The van der Waals surface area contributed by atoms with E-state index in [1.165, 1.54) is 13.8 Å². The molecule has 1 atom stereocenters. The van der Waals surface area contributed by atoms with Crippen LogP contribution >= 0.6 is 0 Å². The van der Waals surface area contributed by atoms with Crippen molar-refractivity contribution in [3.63, 3.8) is 0 Å². The average molecular weight is 572 g/mol. The highest BCUT2D eigenvalue weighted by Gasteiger charge is 2.29. The summed E-state index contributed by atoms with van der Waals surface area (Å²) in [5, 5.41) is 12.6. The number of nitrogens with zero attached hydrogens (tertiary/aromatic N) is 6. The van der Waals surface area contributed by atoms with E-state index in [0.29, 0.717) is 53.6 Å². The maximum Gasteiger partial charge on any atom is 0.347 e. The van der Waals surface area contributed by atoms with Crippen LogP contribution in [0.2, 0.25) is 0 Å². The highest BCUT2D eigenvalue weighted by molar-refractivity contribution is 5.77. The molecule has 2 N–H and O–H groups in total. The van der Waals surface area contributed by atoms with Gasteiger partial charge in [-0.25, -0.2) is 24.7 Å². The van der Waals surface area contributed by atoms with Gasteiger partial charge >= 0.3 is 5.97 Å². The average Bonchev–Trinajstić information content (AvgIpc) is 2.99. The summed E-state index contributed by atoms with van der Waals surface area (Å²) in [4.78, 5) is 36.1. The zero-order valence-electron chi connectivity index (χ0n) is 23.7. The fraction of sp³-hybridized carbons (Fsp3) is 0.333. The Morgan fingerprint density at radius 1 is 1.10 bits per heavy atom. The summed E-state index contributed by atoms with van der Waals surface area (Å²) < 4.78 is 17.6. The third-order valence-corrected chi connectivity index (χ3v) is 6.53. The fourth-order valence-corrected chi connectivity index (χ4v) is 4.43. The summed E-state index contributed by atoms with van der Waals surface area (Å²) in [5.41, 5.74) is -0.699. The Morgan fingerprint density at radius 2 is 1.98 bits per heavy atom. The number of benzene rings is 1. The summed E-state index contributed by atoms with van der Waals surface area (Å²) in [6.45, 7) is 6.91. The van der Waals surface area contributed by atoms with Crippen LogP contribution in [0.5, 0.6) is 17.4 Å². The molecule has 218 valence electrons. The molecule has 4 aromatic rings. The van der Waals surface area contributed by atoms with Crippen molar-refractivity contribution in [3.05, 3.63) is 67.3 Å². The molecule has 0 amide bonds. The monoisotopic (exact) mass is 571 g/mol. The van der Waals surface area contributed by atoms with Gasteiger partial charge in [-0.1, -0.05) is 12.1 Å². The lowest BCUT2D eigenvalue weighted by Gasteiger charge is -2.33. The Morgan fingerprint density at radius 3 is 2.81 bits per heavy atom. The van der Waals surface area contributed by atoms with E-state index in [1.807, 2.05) is 25.1 Å². The van der Waals surface area contributed by atoms with Gasteiger partial charge in [0, 0.05) is 24.5 Å². The molecule has 0 aliphatic carbocycles. The van der Waals surface area contributed by atoms with Gasteiger partial charge in [-0.15, -0.1) is 0 Å². The summed E-state index contributed by atoms with van der Waals surface area (Å²) in [6.07, 6.45) is 8.45. The number of hydrogen-bond donors (Lipinski definition) is 2. The van der Waals surface area contributed by atoms with Gasteiger partial charge in [0.15, 0.2) is 23.0 Å². The van der Waals surface area contributed by atoms with Crippen molar-refractivity contribution in [1.29, 1.82) is 0 Å². The van der Waals surface area contributed by atoms with Gasteiger partial charge in [-0.05, 0) is 63.9 Å². The summed E-state index contributed by atoms with van der Waals surface area (Å²) in [6, 6.07) is 12.4. The van der Waals surface area contributed by atoms with Gasteiger partial charge < -0.3 is 29.5 Å². The Kier molecular flexibility index (Phi) is 8.60. The molecule has 12 heteroatoms. The molecule has 1 saturated heterocycles. The molecule has 4 heterocycles. The van der Waals surface area contributed by atoms with Crippen molar-refractivity contribution >= 4 is 23.4 Å². The SMILES string of the molecule is CCOc1cccnc1O[C@@H]1CCCN(c2cncc(Nc3ccnc(-c4cccc(OC(C)(C)C(=O)O)c4)n3)n2)C1. The first-order valence-electron chi connectivity index (χ1n) is 13.7. The van der Waals surface area contributed by atoms with Crippen LogP contribution in [-0.4, -0.2) is 67.4 Å². The molecule has 1 aromatic carbocycles. The van der Waals surface area contributed by atoms with Crippen LogP contribution in [0.4, 0.5) is 17.5 Å². The smallest absolute Gasteiger partial charge is 0.347 e. The lowest BCUT2D eigenvalue weighted by atomic mass is 10.1. The number of rotatable bonds is 11. The maximum atomic E-state index is 11.5. The van der Waals surface area contributed by atoms with Crippen LogP contribution in [0.3, 0.4) is 0 Å². The number of carboxylic acids is 1. The quantitative estimate of drug-likeness (QED) is 0.256. The molecule has 3 aromatic heterocycles. The van der Waals surface area contributed by atoms with Crippen molar-refractivity contribution in [2.75, 3.05) is 29.9 Å². The summed E-state index contributed by atoms with van der Waals surface area (Å²) in [7, 11) is 0. The zero-order valence-corrected chi connectivity index (χ0v) is 23.7. The molecule has 1 aliphatic rings. The Hall–Kier alpha value is -5.00. The lowest BCUT2D eigenvalue weighted by molar-refractivity contribution is -0.152. The lowest BCUT2D eigenvalue weighted by Crippen LogP contribution is -2.41. The van der Waals surface area contributed by atoms with Crippen LogP contribution in [0, 0.1) is 0 Å². The Balaban J connectivity index is 1.27. The first-order valence-corrected chi connectivity index (χ1v) is 13.7. The molecule has 0 saturated carbocycles. The van der Waals surface area contributed by atoms with E-state index < -0.39 is 11.6 Å². The van der Waals surface area contributed by atoms with Gasteiger partial charge in [-0.2, -0.15) is 0 Å². The Labute approximate surface area is 243 Å². The van der Waals surface area contributed by atoms with E-state index >= 15 is 0 Å². The second-order valence-electron chi connectivity index (χ2n) is 10.2. The fourth-order valence-electron chi connectivity index (χ4n) is 4.43. The molecule has 0 bridgehead atoms. The number of carbonyl (C=O) groups is 1. The minimum absolute atomic E-state index is 0.0727. The molecular weight excluding hydrogens is 538 g/mol. The van der Waals surface area contributed by atoms with E-state index in [9.17, 15) is 9.90 Å². The van der Waals surface area contributed by atoms with Crippen molar-refractivity contribution in [1.82, 2.24) is 24.9 Å². The minimum atomic E-state index is -1.38. The molecule has 0 radical (unpaired) electrons. The third-order valence-electron chi connectivity index (χ3n) is 6.53. The highest BCUT2D eigenvalue weighted by Crippen LogP contribution is 2.29. The molecule has 12 nitrogen and oxygen atoms in total. The zero-order chi connectivity index (χ0) is 29.5. The van der Waals surface area contributed by atoms with Crippen molar-refractivity contribution in [3.8, 4) is 28.8 Å². The first kappa shape index (κ1) is 28.5. The number of aromatic nitrogens is 5. The molecule has 1 aliphatic heterocycles. The topological polar surface area (TPSA) is 145 Å². The van der Waals surface area contributed by atoms with Crippen LogP contribution in [0.15, 0.2) is 67.3 Å². The number of hydrogen-bond acceptors (Lipinski definition) is 11. The number of piperidine rings is 1. The van der Waals surface area contributed by atoms with Crippen LogP contribution < -0.4 is 24.4 Å². The Bertz CT molecular complexity index is 1530. The molecule has 42 heavy (non-hydrogen) atoms. The summed E-state index contributed by atoms with van der Waals surface area (Å²) in [5.74, 6) is 2.70. The van der Waals surface area contributed by atoms with Crippen molar-refractivity contribution < 1.29 is 24.1 Å². The van der Waals surface area contributed by atoms with Crippen molar-refractivity contribution in [2.45, 2.75) is 45.3 Å². The largest absolute Gasteiger partial charge is 0.488 e. The predicted octanol–water partition coefficient (Wildman–Crippen LogP) is 4.76. The molecule has 1 fully saturated rings. The number of pyridine rings is 1. The van der Waals surface area contributed by atoms with Crippen LogP contribution in [0.25, 0.3) is 11.4 Å². The number of anilines is 3. The van der Waals surface area contributed by atoms with Crippen molar-refractivity contribution in [2.24, 2.45) is 0 Å². The van der Waals surface area contributed by atoms with Gasteiger partial charge in [0.05, 0.1) is 25.5 Å². The molecule has 0 spiro atoms. The number of carboxylic acid groups (broad SMARTS) is 1. The normalized spacial score (nSPS) is 15.1. The molecular formula is C30H33N7O5. The van der Waals surface area contributed by atoms with Crippen LogP contribution in [0.1, 0.15) is 33.6 Å². The van der Waals surface area contributed by atoms with Gasteiger partial charge in [-0.3, -0.25) is 4.98 Å². The molecule has 5 rings (SSSR count). The van der Waals surface area contributed by atoms with E-state index in [1.54, 1.807) is 49.1 Å².